The van der Waals surface area contributed by atoms with Gasteiger partial charge in [0.05, 0.1) is 0 Å². The fourth-order valence-corrected chi connectivity index (χ4v) is 1.79. The molecule has 1 aromatic carbocycles. The van der Waals surface area contributed by atoms with Crippen molar-refractivity contribution in [2.45, 2.75) is 6.61 Å². The fraction of sp³-hybridized carbons (Fsp3) is 0.100. The molecule has 0 unspecified atom stereocenters. The highest BCUT2D eigenvalue weighted by molar-refractivity contribution is 7.15. The summed E-state index contributed by atoms with van der Waals surface area (Å²) in [7, 11) is 0. The van der Waals surface area contributed by atoms with E-state index in [-0.39, 0.29) is 6.61 Å². The highest BCUT2D eigenvalue weighted by Crippen LogP contribution is 2.17. The summed E-state index contributed by atoms with van der Waals surface area (Å²) in [6.07, 6.45) is 0. The summed E-state index contributed by atoms with van der Waals surface area (Å²) in [5.41, 5.74) is 7.97. The molecule has 94 valence electrons. The molecule has 5 N–H and O–H groups in total. The number of carbonyl (C=O) groups excluding carboxylic acids is 1. The maximum atomic E-state index is 10.9. The van der Waals surface area contributed by atoms with Crippen molar-refractivity contribution in [3.63, 3.8) is 0 Å². The first-order valence-corrected chi connectivity index (χ1v) is 5.82. The highest BCUT2D eigenvalue weighted by Gasteiger charge is 2.04. The fourth-order valence-electron chi connectivity index (χ4n) is 1.23. The van der Waals surface area contributed by atoms with E-state index in [9.17, 15) is 4.79 Å². The number of amides is 1. The third kappa shape index (κ3) is 2.93. The Kier molecular flexibility index (Phi) is 3.70. The van der Waals surface area contributed by atoms with E-state index in [2.05, 4.69) is 15.6 Å². The first-order valence-electron chi connectivity index (χ1n) is 5.00. The number of hydrazine groups is 1. The lowest BCUT2D eigenvalue weighted by atomic mass is 10.2. The molecule has 0 fully saturated rings. The average Bonchev–Trinajstić information content (AvgIpc) is 2.85. The van der Waals surface area contributed by atoms with Crippen LogP contribution >= 0.6 is 11.3 Å². The van der Waals surface area contributed by atoms with Gasteiger partial charge in [0, 0.05) is 5.56 Å². The topological polar surface area (TPSA) is 116 Å². The number of aromatic nitrogens is 2. The average molecular weight is 265 g/mol. The standard InChI is InChI=1S/C10H11N5O2S/c11-9(16)6-1-3-7(4-2-6)17-5-8-14-15-10(13-12)18-8/h1-4H,5,12H2,(H2,11,16)(H,13,15). The third-order valence-electron chi connectivity index (χ3n) is 2.09. The Morgan fingerprint density at radius 3 is 2.61 bits per heavy atom. The van der Waals surface area contributed by atoms with Gasteiger partial charge < -0.3 is 10.5 Å². The lowest BCUT2D eigenvalue weighted by Gasteiger charge is -2.03. The number of nitrogen functional groups attached to an aromatic ring is 1. The molecule has 0 aliphatic rings. The van der Waals surface area contributed by atoms with Crippen LogP contribution in [0.25, 0.3) is 0 Å². The molecule has 8 heteroatoms. The number of benzene rings is 1. The van der Waals surface area contributed by atoms with Crippen LogP contribution in [0.5, 0.6) is 5.75 Å². The number of nitrogens with zero attached hydrogens (tertiary/aromatic N) is 2. The van der Waals surface area contributed by atoms with Crippen molar-refractivity contribution in [1.29, 1.82) is 0 Å². The van der Waals surface area contributed by atoms with Crippen LogP contribution < -0.4 is 21.7 Å². The number of nitrogens with two attached hydrogens (primary N) is 2. The Labute approximate surface area is 107 Å². The Bertz CT molecular complexity index is 539. The summed E-state index contributed by atoms with van der Waals surface area (Å²) in [4.78, 5) is 10.9. The zero-order valence-corrected chi connectivity index (χ0v) is 10.1. The molecule has 0 aliphatic carbocycles. The minimum atomic E-state index is -0.468. The minimum absolute atomic E-state index is 0.287. The lowest BCUT2D eigenvalue weighted by Crippen LogP contribution is -2.10. The first kappa shape index (κ1) is 12.3. The van der Waals surface area contributed by atoms with Crippen molar-refractivity contribution < 1.29 is 9.53 Å². The number of rotatable bonds is 5. The van der Waals surface area contributed by atoms with E-state index in [0.717, 1.165) is 0 Å². The molecule has 0 saturated carbocycles. The number of primary amides is 1. The quantitative estimate of drug-likeness (QED) is 0.535. The Morgan fingerprint density at radius 2 is 2.06 bits per heavy atom. The van der Waals surface area contributed by atoms with E-state index in [0.29, 0.717) is 21.5 Å². The summed E-state index contributed by atoms with van der Waals surface area (Å²) in [6.45, 7) is 0.287. The number of nitrogens with one attached hydrogen (secondary N) is 1. The Hall–Kier alpha value is -2.19. The van der Waals surface area contributed by atoms with Gasteiger partial charge in [-0.15, -0.1) is 10.2 Å². The molecule has 1 aromatic heterocycles. The van der Waals surface area contributed by atoms with Crippen LogP contribution in [0.2, 0.25) is 0 Å². The van der Waals surface area contributed by atoms with Crippen molar-refractivity contribution in [2.75, 3.05) is 5.43 Å². The van der Waals surface area contributed by atoms with Crippen LogP contribution in [0.1, 0.15) is 15.4 Å². The molecule has 0 atom stereocenters. The molecule has 0 aliphatic heterocycles. The molecule has 1 amide bonds. The van der Waals surface area contributed by atoms with Crippen LogP contribution in [-0.2, 0) is 6.61 Å². The summed E-state index contributed by atoms with van der Waals surface area (Å²) in [5.74, 6) is 5.34. The smallest absolute Gasteiger partial charge is 0.248 e. The van der Waals surface area contributed by atoms with Gasteiger partial charge in [-0.3, -0.25) is 10.2 Å². The maximum absolute atomic E-state index is 10.9. The number of hydrogen-bond acceptors (Lipinski definition) is 7. The molecule has 2 rings (SSSR count). The normalized spacial score (nSPS) is 10.1. The van der Waals surface area contributed by atoms with Crippen molar-refractivity contribution in [3.05, 3.63) is 34.8 Å². The third-order valence-corrected chi connectivity index (χ3v) is 2.92. The molecule has 1 heterocycles. The van der Waals surface area contributed by atoms with Gasteiger partial charge in [0.25, 0.3) is 0 Å². The zero-order chi connectivity index (χ0) is 13.0. The van der Waals surface area contributed by atoms with Gasteiger partial charge in [0.2, 0.25) is 11.0 Å². The minimum Gasteiger partial charge on any atom is -0.486 e. The predicted octanol–water partition coefficient (Wildman–Crippen LogP) is 0.502. The first-order chi connectivity index (χ1) is 8.69. The highest BCUT2D eigenvalue weighted by atomic mass is 32.1. The van der Waals surface area contributed by atoms with E-state index in [1.807, 2.05) is 0 Å². The van der Waals surface area contributed by atoms with Gasteiger partial charge in [0.15, 0.2) is 5.01 Å². The molecular formula is C10H11N5O2S. The Morgan fingerprint density at radius 1 is 1.33 bits per heavy atom. The van der Waals surface area contributed by atoms with Crippen LogP contribution in [0.3, 0.4) is 0 Å². The van der Waals surface area contributed by atoms with Crippen LogP contribution in [0, 0.1) is 0 Å². The van der Waals surface area contributed by atoms with Crippen molar-refractivity contribution >= 4 is 22.4 Å². The van der Waals surface area contributed by atoms with Gasteiger partial charge in [-0.05, 0) is 24.3 Å². The molecule has 0 spiro atoms. The largest absolute Gasteiger partial charge is 0.486 e. The Balaban J connectivity index is 1.95. The van der Waals surface area contributed by atoms with Crippen LogP contribution in [0.15, 0.2) is 24.3 Å². The van der Waals surface area contributed by atoms with E-state index < -0.39 is 5.91 Å². The van der Waals surface area contributed by atoms with Gasteiger partial charge in [-0.25, -0.2) is 5.84 Å². The van der Waals surface area contributed by atoms with E-state index in [1.54, 1.807) is 24.3 Å². The summed E-state index contributed by atoms with van der Waals surface area (Å²) < 4.78 is 5.47. The van der Waals surface area contributed by atoms with Gasteiger partial charge >= 0.3 is 0 Å². The van der Waals surface area contributed by atoms with Gasteiger partial charge in [-0.1, -0.05) is 11.3 Å². The zero-order valence-electron chi connectivity index (χ0n) is 9.29. The number of carbonyl (C=O) groups is 1. The summed E-state index contributed by atoms with van der Waals surface area (Å²) in [6, 6.07) is 6.54. The molecule has 18 heavy (non-hydrogen) atoms. The monoisotopic (exact) mass is 265 g/mol. The molecule has 0 saturated heterocycles. The second-order valence-electron chi connectivity index (χ2n) is 3.32. The summed E-state index contributed by atoms with van der Waals surface area (Å²) in [5, 5.41) is 8.87. The molecule has 0 radical (unpaired) electrons. The SMILES string of the molecule is NNc1nnc(COc2ccc(C(N)=O)cc2)s1. The van der Waals surface area contributed by atoms with Gasteiger partial charge in [0.1, 0.15) is 12.4 Å². The predicted molar refractivity (Wildman–Crippen MR) is 67.0 cm³/mol. The lowest BCUT2D eigenvalue weighted by molar-refractivity contribution is 0.100. The van der Waals surface area contributed by atoms with Crippen molar-refractivity contribution in [2.24, 2.45) is 11.6 Å². The molecule has 7 nitrogen and oxygen atoms in total. The van der Waals surface area contributed by atoms with Crippen LogP contribution in [0.4, 0.5) is 5.13 Å². The number of anilines is 1. The number of hydrogen-bond donors (Lipinski definition) is 3. The maximum Gasteiger partial charge on any atom is 0.248 e. The molecular weight excluding hydrogens is 254 g/mol. The van der Waals surface area contributed by atoms with E-state index in [1.165, 1.54) is 11.3 Å². The second kappa shape index (κ2) is 5.43. The summed E-state index contributed by atoms with van der Waals surface area (Å²) >= 11 is 1.30. The van der Waals surface area contributed by atoms with Crippen molar-refractivity contribution in [1.82, 2.24) is 10.2 Å². The molecule has 2 aromatic rings. The number of ether oxygens (including phenoxy) is 1. The molecule has 0 bridgehead atoms. The van der Waals surface area contributed by atoms with E-state index >= 15 is 0 Å². The second-order valence-corrected chi connectivity index (χ2v) is 4.38. The van der Waals surface area contributed by atoms with Crippen LogP contribution in [-0.4, -0.2) is 16.1 Å². The van der Waals surface area contributed by atoms with Gasteiger partial charge in [-0.2, -0.15) is 0 Å². The van der Waals surface area contributed by atoms with Crippen molar-refractivity contribution in [3.8, 4) is 5.75 Å². The van der Waals surface area contributed by atoms with E-state index in [4.69, 9.17) is 16.3 Å².